The Morgan fingerprint density at radius 2 is 2.00 bits per heavy atom. The number of halogens is 2. The Morgan fingerprint density at radius 1 is 1.33 bits per heavy atom. The number of benzene rings is 1. The van der Waals surface area contributed by atoms with E-state index in [1.165, 1.54) is 12.1 Å². The zero-order valence-electron chi connectivity index (χ0n) is 8.71. The van der Waals surface area contributed by atoms with Gasteiger partial charge in [-0.1, -0.05) is 6.07 Å². The van der Waals surface area contributed by atoms with Crippen molar-refractivity contribution in [3.05, 3.63) is 48.8 Å². The first-order valence-corrected chi connectivity index (χ1v) is 6.53. The minimum absolute atomic E-state index is 0.0713. The lowest BCUT2D eigenvalue weighted by Gasteiger charge is -2.05. The van der Waals surface area contributed by atoms with Crippen molar-refractivity contribution in [3.63, 3.8) is 0 Å². The molecule has 0 atom stereocenters. The molecule has 2 rings (SSSR count). The molecule has 0 aliphatic rings. The molecular weight excluding hydrogens is 417 g/mol. The number of nitro groups is 1. The Hall–Kier alpha value is -1.29. The van der Waals surface area contributed by atoms with E-state index >= 15 is 0 Å². The molecule has 0 radical (unpaired) electrons. The smallest absolute Gasteiger partial charge is 0.321 e. The molecule has 1 aromatic heterocycles. The van der Waals surface area contributed by atoms with Gasteiger partial charge in [0.15, 0.2) is 5.75 Å². The van der Waals surface area contributed by atoms with Gasteiger partial charge in [0.2, 0.25) is 0 Å². The van der Waals surface area contributed by atoms with Crippen LogP contribution >= 0.6 is 38.5 Å². The minimum atomic E-state index is -0.494. The van der Waals surface area contributed by atoms with E-state index in [1.807, 2.05) is 0 Å². The summed E-state index contributed by atoms with van der Waals surface area (Å²) in [5.74, 6) is 0.297. The maximum absolute atomic E-state index is 10.8. The van der Waals surface area contributed by atoms with Crippen LogP contribution in [0.1, 0.15) is 0 Å². The molecule has 0 aliphatic heterocycles. The number of hydrogen-bond acceptors (Lipinski definition) is 5. The lowest BCUT2D eigenvalue weighted by Crippen LogP contribution is -1.95. The fraction of sp³-hybridized carbons (Fsp3) is 0. The molecule has 0 fully saturated rings. The highest BCUT2D eigenvalue weighted by molar-refractivity contribution is 14.1. The second-order valence-electron chi connectivity index (χ2n) is 3.13. The predicted molar refractivity (Wildman–Crippen MR) is 75.6 cm³/mol. The molecule has 0 aliphatic carbocycles. The van der Waals surface area contributed by atoms with Crippen molar-refractivity contribution in [2.24, 2.45) is 0 Å². The topological polar surface area (TPSA) is 78.2 Å². The first-order valence-electron chi connectivity index (χ1n) is 4.66. The van der Waals surface area contributed by atoms with Gasteiger partial charge in [-0.05, 0) is 44.6 Å². The second kappa shape index (κ2) is 5.57. The van der Waals surface area contributed by atoms with Crippen LogP contribution in [-0.4, -0.2) is 14.9 Å². The maximum Gasteiger partial charge on any atom is 0.321 e. The van der Waals surface area contributed by atoms with Crippen molar-refractivity contribution >= 4 is 44.2 Å². The number of hydrogen-bond donors (Lipinski definition) is 0. The largest absolute Gasteiger partial charge is 0.423 e. The molecule has 18 heavy (non-hydrogen) atoms. The van der Waals surface area contributed by atoms with Crippen molar-refractivity contribution in [2.45, 2.75) is 0 Å². The van der Waals surface area contributed by atoms with E-state index in [9.17, 15) is 10.1 Å². The Balaban J connectivity index is 2.32. The molecule has 0 bridgehead atoms. The third kappa shape index (κ3) is 2.93. The summed E-state index contributed by atoms with van der Waals surface area (Å²) < 4.78 is 6.51. The predicted octanol–water partition coefficient (Wildman–Crippen LogP) is 3.54. The van der Waals surface area contributed by atoms with Crippen molar-refractivity contribution in [3.8, 4) is 11.8 Å². The molecule has 0 saturated heterocycles. The third-order valence-electron chi connectivity index (χ3n) is 1.94. The van der Waals surface area contributed by atoms with E-state index in [-0.39, 0.29) is 16.2 Å². The minimum Gasteiger partial charge on any atom is -0.423 e. The van der Waals surface area contributed by atoms with Gasteiger partial charge in [0.05, 0.1) is 4.92 Å². The first-order chi connectivity index (χ1) is 8.58. The molecule has 2 aromatic rings. The first kappa shape index (κ1) is 13.1. The molecule has 8 heteroatoms. The van der Waals surface area contributed by atoms with Gasteiger partial charge in [-0.2, -0.15) is 0 Å². The van der Waals surface area contributed by atoms with E-state index in [0.717, 1.165) is 3.57 Å². The molecule has 0 N–H and O–H groups in total. The highest BCUT2D eigenvalue weighted by Gasteiger charge is 2.16. The molecule has 1 aromatic carbocycles. The van der Waals surface area contributed by atoms with Gasteiger partial charge >= 0.3 is 6.01 Å². The molecule has 1 heterocycles. The normalized spacial score (nSPS) is 10.1. The van der Waals surface area contributed by atoms with Gasteiger partial charge in [-0.3, -0.25) is 10.1 Å². The van der Waals surface area contributed by atoms with Gasteiger partial charge in [0.25, 0.3) is 5.69 Å². The highest BCUT2D eigenvalue weighted by Crippen LogP contribution is 2.35. The fourth-order valence-corrected chi connectivity index (χ4v) is 1.94. The standard InChI is InChI=1S/C10H5BrIN3O3/c11-9-7(15(16)17)2-1-3-8(9)18-10-13-4-6(12)5-14-10/h1-5H. The summed E-state index contributed by atoms with van der Waals surface area (Å²) in [6.45, 7) is 0. The van der Waals surface area contributed by atoms with E-state index in [4.69, 9.17) is 4.74 Å². The van der Waals surface area contributed by atoms with E-state index < -0.39 is 4.92 Å². The third-order valence-corrected chi connectivity index (χ3v) is 3.29. The van der Waals surface area contributed by atoms with Crippen LogP contribution in [0.25, 0.3) is 0 Å². The monoisotopic (exact) mass is 421 g/mol. The Kier molecular flexibility index (Phi) is 4.07. The number of nitrogens with zero attached hydrogens (tertiary/aromatic N) is 3. The lowest BCUT2D eigenvalue weighted by atomic mass is 10.3. The summed E-state index contributed by atoms with van der Waals surface area (Å²) in [7, 11) is 0. The number of nitro benzene ring substituents is 1. The van der Waals surface area contributed by atoms with Crippen molar-refractivity contribution in [2.75, 3.05) is 0 Å². The Morgan fingerprint density at radius 3 is 2.61 bits per heavy atom. The molecular formula is C10H5BrIN3O3. The second-order valence-corrected chi connectivity index (χ2v) is 5.17. The van der Waals surface area contributed by atoms with Gasteiger partial charge in [0, 0.05) is 22.0 Å². The van der Waals surface area contributed by atoms with Crippen LogP contribution in [0.2, 0.25) is 0 Å². The maximum atomic E-state index is 10.8. The molecule has 6 nitrogen and oxygen atoms in total. The molecule has 0 saturated carbocycles. The molecule has 0 unspecified atom stereocenters. The number of ether oxygens (including phenoxy) is 1. The van der Waals surface area contributed by atoms with Crippen LogP contribution in [0.5, 0.6) is 11.8 Å². The van der Waals surface area contributed by atoms with Crippen LogP contribution in [-0.2, 0) is 0 Å². The zero-order chi connectivity index (χ0) is 13.1. The van der Waals surface area contributed by atoms with Crippen LogP contribution in [0.4, 0.5) is 5.69 Å². The van der Waals surface area contributed by atoms with Crippen molar-refractivity contribution in [1.82, 2.24) is 9.97 Å². The van der Waals surface area contributed by atoms with Gasteiger partial charge in [-0.15, -0.1) is 0 Å². The summed E-state index contributed by atoms with van der Waals surface area (Å²) in [6, 6.07) is 4.64. The van der Waals surface area contributed by atoms with E-state index in [2.05, 4.69) is 48.5 Å². The van der Waals surface area contributed by atoms with E-state index in [1.54, 1.807) is 18.5 Å². The summed E-state index contributed by atoms with van der Waals surface area (Å²) in [5.41, 5.74) is -0.0713. The molecule has 0 spiro atoms. The van der Waals surface area contributed by atoms with Crippen molar-refractivity contribution < 1.29 is 9.66 Å². The van der Waals surface area contributed by atoms with Crippen LogP contribution < -0.4 is 4.74 Å². The number of aromatic nitrogens is 2. The quantitative estimate of drug-likeness (QED) is 0.430. The summed E-state index contributed by atoms with van der Waals surface area (Å²) >= 11 is 5.20. The molecule has 92 valence electrons. The highest BCUT2D eigenvalue weighted by atomic mass is 127. The molecule has 0 amide bonds. The average Bonchev–Trinajstić information content (AvgIpc) is 2.34. The van der Waals surface area contributed by atoms with Crippen LogP contribution in [0.3, 0.4) is 0 Å². The Bertz CT molecular complexity index is 591. The summed E-state index contributed by atoms with van der Waals surface area (Å²) in [4.78, 5) is 18.2. The van der Waals surface area contributed by atoms with Gasteiger partial charge in [0.1, 0.15) is 4.47 Å². The van der Waals surface area contributed by atoms with E-state index in [0.29, 0.717) is 5.75 Å². The van der Waals surface area contributed by atoms with Crippen molar-refractivity contribution in [1.29, 1.82) is 0 Å². The number of rotatable bonds is 3. The summed E-state index contributed by atoms with van der Waals surface area (Å²) in [6.07, 6.45) is 3.18. The zero-order valence-corrected chi connectivity index (χ0v) is 12.5. The lowest BCUT2D eigenvalue weighted by molar-refractivity contribution is -0.385. The van der Waals surface area contributed by atoms with Crippen LogP contribution in [0, 0.1) is 13.7 Å². The SMILES string of the molecule is O=[N+]([O-])c1cccc(Oc2ncc(I)cn2)c1Br. The Labute approximate surface area is 124 Å². The fourth-order valence-electron chi connectivity index (χ4n) is 1.17. The average molecular weight is 422 g/mol. The summed E-state index contributed by atoms with van der Waals surface area (Å²) in [5, 5.41) is 10.8. The van der Waals surface area contributed by atoms with Crippen LogP contribution in [0.15, 0.2) is 35.1 Å². The van der Waals surface area contributed by atoms with Gasteiger partial charge in [-0.25, -0.2) is 9.97 Å². The van der Waals surface area contributed by atoms with Gasteiger partial charge < -0.3 is 4.74 Å².